The average molecular weight is 369 g/mol. The Kier molecular flexibility index (Phi) is 8.01. The maximum atomic E-state index is 12.4. The molecule has 0 bridgehead atoms. The van der Waals surface area contributed by atoms with E-state index < -0.39 is 0 Å². The van der Waals surface area contributed by atoms with Gasteiger partial charge in [0.15, 0.2) is 5.78 Å². The first-order valence-corrected chi connectivity index (χ1v) is 9.39. The van der Waals surface area contributed by atoms with Gasteiger partial charge < -0.3 is 15.0 Å². The van der Waals surface area contributed by atoms with E-state index in [1.165, 1.54) is 4.90 Å². The van der Waals surface area contributed by atoms with Gasteiger partial charge in [-0.1, -0.05) is 30.3 Å². The van der Waals surface area contributed by atoms with Crippen LogP contribution in [0.3, 0.4) is 0 Å². The standard InChI is InChI=1S/C22H28N2O3/c1-4-27-19-12-10-18(11-13-19)21(25)14-15-22(26)23-20(16-24(2)3)17-8-6-5-7-9-17/h5-13,20H,4,14-16H2,1-3H3,(H,23,26)/p+1/t20-/m0/s1. The zero-order chi connectivity index (χ0) is 19.6. The van der Waals surface area contributed by atoms with Crippen molar-refractivity contribution in [2.75, 3.05) is 27.2 Å². The summed E-state index contributed by atoms with van der Waals surface area (Å²) in [4.78, 5) is 26.0. The van der Waals surface area contributed by atoms with Crippen molar-refractivity contribution < 1.29 is 19.2 Å². The van der Waals surface area contributed by atoms with Crippen molar-refractivity contribution in [3.05, 3.63) is 65.7 Å². The van der Waals surface area contributed by atoms with Gasteiger partial charge in [0, 0.05) is 18.4 Å². The van der Waals surface area contributed by atoms with Crippen LogP contribution >= 0.6 is 0 Å². The number of amides is 1. The van der Waals surface area contributed by atoms with Gasteiger partial charge in [0.2, 0.25) is 5.91 Å². The molecule has 2 aromatic rings. The van der Waals surface area contributed by atoms with Crippen LogP contribution in [0.15, 0.2) is 54.6 Å². The first-order valence-electron chi connectivity index (χ1n) is 9.39. The predicted octanol–water partition coefficient (Wildman–Crippen LogP) is 2.05. The SMILES string of the molecule is CCOc1ccc(C(=O)CCC(=O)N[C@@H](C[NH+](C)C)c2ccccc2)cc1. The Balaban J connectivity index is 1.90. The van der Waals surface area contributed by atoms with Gasteiger partial charge in [-0.2, -0.15) is 0 Å². The van der Waals surface area contributed by atoms with Crippen LogP contribution < -0.4 is 15.0 Å². The van der Waals surface area contributed by atoms with Crippen LogP contribution in [0.5, 0.6) is 5.75 Å². The van der Waals surface area contributed by atoms with Gasteiger partial charge in [-0.3, -0.25) is 9.59 Å². The van der Waals surface area contributed by atoms with Crippen LogP contribution in [0, 0.1) is 0 Å². The Morgan fingerprint density at radius 2 is 1.67 bits per heavy atom. The smallest absolute Gasteiger partial charge is 0.221 e. The van der Waals surface area contributed by atoms with Crippen molar-refractivity contribution in [3.63, 3.8) is 0 Å². The highest BCUT2D eigenvalue weighted by molar-refractivity contribution is 5.98. The summed E-state index contributed by atoms with van der Waals surface area (Å²) >= 11 is 0. The quantitative estimate of drug-likeness (QED) is 0.630. The maximum Gasteiger partial charge on any atom is 0.221 e. The van der Waals surface area contributed by atoms with Crippen LogP contribution in [-0.2, 0) is 4.79 Å². The highest BCUT2D eigenvalue weighted by Crippen LogP contribution is 2.15. The fraction of sp³-hybridized carbons (Fsp3) is 0.364. The minimum Gasteiger partial charge on any atom is -0.494 e. The first kappa shape index (κ1) is 20.6. The van der Waals surface area contributed by atoms with E-state index in [4.69, 9.17) is 4.74 Å². The molecule has 0 fully saturated rings. The molecule has 0 aromatic heterocycles. The normalized spacial score (nSPS) is 11.9. The van der Waals surface area contributed by atoms with Gasteiger partial charge in [-0.15, -0.1) is 0 Å². The van der Waals surface area contributed by atoms with Gasteiger partial charge in [0.1, 0.15) is 18.3 Å². The zero-order valence-corrected chi connectivity index (χ0v) is 16.3. The number of hydrogen-bond acceptors (Lipinski definition) is 3. The van der Waals surface area contributed by atoms with E-state index in [0.29, 0.717) is 12.2 Å². The highest BCUT2D eigenvalue weighted by atomic mass is 16.5. The Labute approximate surface area is 161 Å². The van der Waals surface area contributed by atoms with Crippen molar-refractivity contribution in [1.82, 2.24) is 5.32 Å². The molecule has 5 heteroatoms. The third-order valence-corrected chi connectivity index (χ3v) is 4.22. The second-order valence-corrected chi connectivity index (χ2v) is 6.82. The summed E-state index contributed by atoms with van der Waals surface area (Å²) < 4.78 is 5.38. The molecule has 0 aliphatic heterocycles. The van der Waals surface area contributed by atoms with Gasteiger partial charge in [-0.25, -0.2) is 0 Å². The van der Waals surface area contributed by atoms with Gasteiger partial charge in [0.05, 0.1) is 20.7 Å². The summed E-state index contributed by atoms with van der Waals surface area (Å²) in [5, 5.41) is 3.07. The van der Waals surface area contributed by atoms with Crippen molar-refractivity contribution >= 4 is 11.7 Å². The predicted molar refractivity (Wildman–Crippen MR) is 106 cm³/mol. The molecule has 27 heavy (non-hydrogen) atoms. The molecule has 1 atom stereocenters. The molecule has 2 rings (SSSR count). The summed E-state index contributed by atoms with van der Waals surface area (Å²) in [6, 6.07) is 16.9. The summed E-state index contributed by atoms with van der Waals surface area (Å²) in [5.74, 6) is 0.593. The molecule has 2 aromatic carbocycles. The second-order valence-electron chi connectivity index (χ2n) is 6.82. The van der Waals surface area contributed by atoms with Crippen LogP contribution in [0.2, 0.25) is 0 Å². The van der Waals surface area contributed by atoms with Crippen molar-refractivity contribution in [2.45, 2.75) is 25.8 Å². The number of nitrogens with one attached hydrogen (secondary N) is 2. The van der Waals surface area contributed by atoms with E-state index in [2.05, 4.69) is 19.4 Å². The minimum absolute atomic E-state index is 0.0392. The first-order chi connectivity index (χ1) is 13.0. The molecule has 0 spiro atoms. The number of ether oxygens (including phenoxy) is 1. The lowest BCUT2D eigenvalue weighted by Crippen LogP contribution is -3.06. The molecule has 0 unspecified atom stereocenters. The Morgan fingerprint density at radius 3 is 2.26 bits per heavy atom. The number of rotatable bonds is 10. The molecule has 0 aliphatic rings. The topological polar surface area (TPSA) is 59.8 Å². The van der Waals surface area contributed by atoms with E-state index >= 15 is 0 Å². The lowest BCUT2D eigenvalue weighted by Gasteiger charge is -2.20. The Bertz CT molecular complexity index is 727. The number of likely N-dealkylation sites (N-methyl/N-ethyl adjacent to an activating group) is 1. The molecular weight excluding hydrogens is 340 g/mol. The summed E-state index contributed by atoms with van der Waals surface area (Å²) in [6.45, 7) is 3.28. The Morgan fingerprint density at radius 1 is 1.00 bits per heavy atom. The minimum atomic E-state index is -0.107. The fourth-order valence-corrected chi connectivity index (χ4v) is 2.89. The van der Waals surface area contributed by atoms with E-state index in [-0.39, 0.29) is 30.6 Å². The van der Waals surface area contributed by atoms with Gasteiger partial charge in [0.25, 0.3) is 0 Å². The van der Waals surface area contributed by atoms with E-state index in [1.54, 1.807) is 24.3 Å². The van der Waals surface area contributed by atoms with E-state index in [1.807, 2.05) is 37.3 Å². The summed E-state index contributed by atoms with van der Waals surface area (Å²) in [6.07, 6.45) is 0.369. The lowest BCUT2D eigenvalue weighted by atomic mass is 10.0. The number of quaternary nitrogens is 1. The molecule has 144 valence electrons. The molecule has 0 aliphatic carbocycles. The molecule has 2 N–H and O–H groups in total. The van der Waals surface area contributed by atoms with Crippen LogP contribution in [0.25, 0.3) is 0 Å². The molecule has 5 nitrogen and oxygen atoms in total. The molecule has 0 heterocycles. The molecule has 1 amide bonds. The summed E-state index contributed by atoms with van der Waals surface area (Å²) in [5.41, 5.74) is 1.67. The monoisotopic (exact) mass is 369 g/mol. The van der Waals surface area contributed by atoms with Crippen molar-refractivity contribution in [1.29, 1.82) is 0 Å². The Hall–Kier alpha value is -2.66. The maximum absolute atomic E-state index is 12.4. The second kappa shape index (κ2) is 10.5. The zero-order valence-electron chi connectivity index (χ0n) is 16.3. The largest absolute Gasteiger partial charge is 0.494 e. The van der Waals surface area contributed by atoms with Crippen LogP contribution in [0.4, 0.5) is 0 Å². The van der Waals surface area contributed by atoms with E-state index in [0.717, 1.165) is 17.9 Å². The highest BCUT2D eigenvalue weighted by Gasteiger charge is 2.18. The molecule has 0 saturated heterocycles. The fourth-order valence-electron chi connectivity index (χ4n) is 2.89. The van der Waals surface area contributed by atoms with Gasteiger partial charge >= 0.3 is 0 Å². The number of hydrogen-bond donors (Lipinski definition) is 2. The number of benzene rings is 2. The molecular formula is C22H29N2O3+. The van der Waals surface area contributed by atoms with Crippen molar-refractivity contribution in [3.8, 4) is 5.75 Å². The lowest BCUT2D eigenvalue weighted by molar-refractivity contribution is -0.860. The molecule has 0 saturated carbocycles. The number of carbonyl (C=O) groups is 2. The molecule has 0 radical (unpaired) electrons. The van der Waals surface area contributed by atoms with Crippen LogP contribution in [0.1, 0.15) is 41.7 Å². The third kappa shape index (κ3) is 6.87. The van der Waals surface area contributed by atoms with Crippen molar-refractivity contribution in [2.24, 2.45) is 0 Å². The number of Topliss-reactive ketones (excluding diaryl/α,β-unsaturated/α-hetero) is 1. The van der Waals surface area contributed by atoms with E-state index in [9.17, 15) is 9.59 Å². The number of ketones is 1. The number of carbonyl (C=O) groups excluding carboxylic acids is 2. The summed E-state index contributed by atoms with van der Waals surface area (Å²) in [7, 11) is 4.11. The average Bonchev–Trinajstić information content (AvgIpc) is 2.67. The third-order valence-electron chi connectivity index (χ3n) is 4.22. The van der Waals surface area contributed by atoms with Gasteiger partial charge in [-0.05, 0) is 36.8 Å². The van der Waals surface area contributed by atoms with Crippen LogP contribution in [-0.4, -0.2) is 38.9 Å².